The molecule has 0 saturated carbocycles. The van der Waals surface area contributed by atoms with Crippen LogP contribution in [0.1, 0.15) is 10.4 Å². The molecule has 2 rings (SSSR count). The van der Waals surface area contributed by atoms with Gasteiger partial charge in [0.15, 0.2) is 6.54 Å². The maximum Gasteiger partial charge on any atom is 0.289 e. The van der Waals surface area contributed by atoms with E-state index < -0.39 is 0 Å². The molecule has 0 atom stereocenters. The molecule has 0 aliphatic carbocycles. The molecule has 16 heavy (non-hydrogen) atoms. The van der Waals surface area contributed by atoms with Gasteiger partial charge in [-0.2, -0.15) is 4.57 Å². The standard InChI is InChI=1S/C12H13ClNOS/c13-12-11(6-7-15)16-9-14(12)8-10-4-2-1-3-5-10/h1-5,9,15H,6-8H2/q+1. The van der Waals surface area contributed by atoms with E-state index in [-0.39, 0.29) is 6.61 Å². The van der Waals surface area contributed by atoms with Gasteiger partial charge < -0.3 is 5.11 Å². The van der Waals surface area contributed by atoms with Crippen molar-refractivity contribution in [2.24, 2.45) is 0 Å². The topological polar surface area (TPSA) is 24.1 Å². The first-order chi connectivity index (χ1) is 7.81. The Labute approximate surface area is 104 Å². The van der Waals surface area contributed by atoms with E-state index >= 15 is 0 Å². The summed E-state index contributed by atoms with van der Waals surface area (Å²) in [6.07, 6.45) is 0.630. The van der Waals surface area contributed by atoms with Crippen LogP contribution in [-0.2, 0) is 13.0 Å². The molecular weight excluding hydrogens is 242 g/mol. The molecule has 1 aromatic carbocycles. The Bertz CT molecular complexity index is 455. The normalized spacial score (nSPS) is 10.6. The highest BCUT2D eigenvalue weighted by Crippen LogP contribution is 2.18. The van der Waals surface area contributed by atoms with Crippen LogP contribution in [0.3, 0.4) is 0 Å². The second-order valence-corrected chi connectivity index (χ2v) is 4.82. The summed E-state index contributed by atoms with van der Waals surface area (Å²) in [5, 5.41) is 9.62. The Balaban J connectivity index is 2.16. The lowest BCUT2D eigenvalue weighted by Crippen LogP contribution is -2.32. The molecule has 0 aliphatic heterocycles. The van der Waals surface area contributed by atoms with Gasteiger partial charge in [-0.25, -0.2) is 0 Å². The summed E-state index contributed by atoms with van der Waals surface area (Å²) in [6, 6.07) is 10.2. The third-order valence-corrected chi connectivity index (χ3v) is 3.94. The summed E-state index contributed by atoms with van der Waals surface area (Å²) < 4.78 is 2.01. The maximum atomic E-state index is 8.88. The van der Waals surface area contributed by atoms with Crippen molar-refractivity contribution in [3.05, 3.63) is 51.4 Å². The van der Waals surface area contributed by atoms with Gasteiger partial charge in [-0.1, -0.05) is 41.7 Å². The molecule has 0 saturated heterocycles. The lowest BCUT2D eigenvalue weighted by Gasteiger charge is -1.95. The zero-order chi connectivity index (χ0) is 11.4. The Morgan fingerprint density at radius 3 is 2.69 bits per heavy atom. The average molecular weight is 255 g/mol. The highest BCUT2D eigenvalue weighted by molar-refractivity contribution is 7.09. The molecule has 1 aromatic heterocycles. The van der Waals surface area contributed by atoms with Crippen LogP contribution in [0.15, 0.2) is 35.8 Å². The minimum atomic E-state index is 0.144. The average Bonchev–Trinajstić information content (AvgIpc) is 2.64. The van der Waals surface area contributed by atoms with E-state index in [2.05, 4.69) is 12.1 Å². The lowest BCUT2D eigenvalue weighted by atomic mass is 10.2. The summed E-state index contributed by atoms with van der Waals surface area (Å²) >= 11 is 7.81. The monoisotopic (exact) mass is 254 g/mol. The molecule has 0 amide bonds. The number of nitrogens with zero attached hydrogens (tertiary/aromatic N) is 1. The van der Waals surface area contributed by atoms with Crippen LogP contribution >= 0.6 is 22.9 Å². The van der Waals surface area contributed by atoms with Crippen molar-refractivity contribution in [3.63, 3.8) is 0 Å². The molecule has 0 bridgehead atoms. The molecule has 0 aliphatic rings. The number of hydrogen-bond donors (Lipinski definition) is 1. The minimum absolute atomic E-state index is 0.144. The first-order valence-electron chi connectivity index (χ1n) is 5.11. The molecule has 1 heterocycles. The molecule has 0 unspecified atom stereocenters. The van der Waals surface area contributed by atoms with Crippen molar-refractivity contribution in [1.82, 2.24) is 0 Å². The minimum Gasteiger partial charge on any atom is -0.396 e. The number of hydrogen-bond acceptors (Lipinski definition) is 2. The molecule has 4 heteroatoms. The number of rotatable bonds is 4. The van der Waals surface area contributed by atoms with Gasteiger partial charge in [0.1, 0.15) is 0 Å². The van der Waals surface area contributed by atoms with Crippen molar-refractivity contribution < 1.29 is 9.67 Å². The first-order valence-corrected chi connectivity index (χ1v) is 6.37. The predicted molar refractivity (Wildman–Crippen MR) is 65.9 cm³/mol. The van der Waals surface area contributed by atoms with Gasteiger partial charge in [-0.15, -0.1) is 0 Å². The van der Waals surface area contributed by atoms with Crippen LogP contribution in [0.2, 0.25) is 5.15 Å². The number of aliphatic hydroxyl groups excluding tert-OH is 1. The number of halogens is 1. The summed E-state index contributed by atoms with van der Waals surface area (Å²) in [5.41, 5.74) is 3.23. The largest absolute Gasteiger partial charge is 0.396 e. The molecule has 2 aromatic rings. The second kappa shape index (κ2) is 5.43. The Morgan fingerprint density at radius 1 is 1.25 bits per heavy atom. The van der Waals surface area contributed by atoms with Gasteiger partial charge in [-0.05, 0) is 11.6 Å². The summed E-state index contributed by atoms with van der Waals surface area (Å²) in [6.45, 7) is 0.924. The van der Waals surface area contributed by atoms with Crippen molar-refractivity contribution in [3.8, 4) is 0 Å². The molecular formula is C12H13ClNOS+. The summed E-state index contributed by atoms with van der Waals surface area (Å²) in [5.74, 6) is 0. The number of aliphatic hydroxyl groups is 1. The van der Waals surface area contributed by atoms with Crippen molar-refractivity contribution in [1.29, 1.82) is 0 Å². The number of aromatic nitrogens is 1. The lowest BCUT2D eigenvalue weighted by molar-refractivity contribution is -0.681. The van der Waals surface area contributed by atoms with E-state index in [1.165, 1.54) is 5.56 Å². The predicted octanol–water partition coefficient (Wildman–Crippen LogP) is 2.27. The Morgan fingerprint density at radius 2 is 2.00 bits per heavy atom. The molecule has 84 valence electrons. The highest BCUT2D eigenvalue weighted by Gasteiger charge is 2.16. The molecule has 0 radical (unpaired) electrons. The fourth-order valence-corrected chi connectivity index (χ4v) is 2.79. The van der Waals surface area contributed by atoms with Gasteiger partial charge in [0.05, 0.1) is 4.88 Å². The van der Waals surface area contributed by atoms with Gasteiger partial charge in [-0.3, -0.25) is 0 Å². The van der Waals surface area contributed by atoms with E-state index in [0.29, 0.717) is 6.42 Å². The van der Waals surface area contributed by atoms with Crippen LogP contribution in [0.25, 0.3) is 0 Å². The SMILES string of the molecule is OCCc1sc[n+](Cc2ccccc2)c1Cl. The first kappa shape index (κ1) is 11.6. The number of benzene rings is 1. The Kier molecular flexibility index (Phi) is 3.93. The van der Waals surface area contributed by atoms with Crippen molar-refractivity contribution >= 4 is 22.9 Å². The zero-order valence-corrected chi connectivity index (χ0v) is 10.3. The van der Waals surface area contributed by atoms with Crippen molar-refractivity contribution in [2.75, 3.05) is 6.61 Å². The van der Waals surface area contributed by atoms with E-state index in [4.69, 9.17) is 16.7 Å². The van der Waals surface area contributed by atoms with E-state index in [1.807, 2.05) is 28.3 Å². The van der Waals surface area contributed by atoms with Gasteiger partial charge in [0.25, 0.3) is 5.15 Å². The maximum absolute atomic E-state index is 8.88. The fraction of sp³-hybridized carbons (Fsp3) is 0.250. The fourth-order valence-electron chi connectivity index (χ4n) is 1.53. The molecule has 0 fully saturated rings. The third-order valence-electron chi connectivity index (χ3n) is 2.34. The molecule has 1 N–H and O–H groups in total. The molecule has 0 spiro atoms. The third kappa shape index (κ3) is 2.61. The van der Waals surface area contributed by atoms with Crippen LogP contribution in [0.4, 0.5) is 0 Å². The van der Waals surface area contributed by atoms with Crippen molar-refractivity contribution in [2.45, 2.75) is 13.0 Å². The second-order valence-electron chi connectivity index (χ2n) is 3.52. The smallest absolute Gasteiger partial charge is 0.289 e. The van der Waals surface area contributed by atoms with Crippen LogP contribution in [-0.4, -0.2) is 11.7 Å². The Hall–Kier alpha value is -0.900. The van der Waals surface area contributed by atoms with E-state index in [9.17, 15) is 0 Å². The number of thiazole rings is 1. The van der Waals surface area contributed by atoms with Crippen LogP contribution < -0.4 is 4.57 Å². The van der Waals surface area contributed by atoms with Gasteiger partial charge in [0.2, 0.25) is 5.51 Å². The van der Waals surface area contributed by atoms with Gasteiger partial charge >= 0.3 is 0 Å². The quantitative estimate of drug-likeness (QED) is 0.832. The van der Waals surface area contributed by atoms with Crippen LogP contribution in [0.5, 0.6) is 0 Å². The van der Waals surface area contributed by atoms with Gasteiger partial charge in [0, 0.05) is 18.6 Å². The summed E-state index contributed by atoms with van der Waals surface area (Å²) in [7, 11) is 0. The molecule has 2 nitrogen and oxygen atoms in total. The summed E-state index contributed by atoms with van der Waals surface area (Å²) in [4.78, 5) is 1.04. The zero-order valence-electron chi connectivity index (χ0n) is 8.77. The van der Waals surface area contributed by atoms with E-state index in [1.54, 1.807) is 11.3 Å². The highest BCUT2D eigenvalue weighted by atomic mass is 35.5. The van der Waals surface area contributed by atoms with Crippen LogP contribution in [0, 0.1) is 0 Å². The van der Waals surface area contributed by atoms with E-state index in [0.717, 1.165) is 16.6 Å².